The number of aromatic nitrogens is 3. The summed E-state index contributed by atoms with van der Waals surface area (Å²) in [7, 11) is 0. The standard InChI is InChI=1S/C9H15N3O2/c1-9(2-4-14-5-3-9)12-7-10-11-8(12)6-13/h7,13H,2-6H2,1H3. The summed E-state index contributed by atoms with van der Waals surface area (Å²) in [5.74, 6) is 0.634. The largest absolute Gasteiger partial charge is 0.388 e. The summed E-state index contributed by atoms with van der Waals surface area (Å²) in [4.78, 5) is 0. The Bertz CT molecular complexity index is 305. The highest BCUT2D eigenvalue weighted by Gasteiger charge is 2.30. The molecule has 2 heterocycles. The van der Waals surface area contributed by atoms with Crippen molar-refractivity contribution in [1.29, 1.82) is 0 Å². The summed E-state index contributed by atoms with van der Waals surface area (Å²) in [6.07, 6.45) is 3.58. The first-order chi connectivity index (χ1) is 6.76. The SMILES string of the molecule is CC1(n2cnnc2CO)CCOCC1. The number of rotatable bonds is 2. The van der Waals surface area contributed by atoms with Crippen LogP contribution in [-0.4, -0.2) is 33.1 Å². The molecule has 2 rings (SSSR count). The van der Waals surface area contributed by atoms with Crippen LogP contribution in [0.1, 0.15) is 25.6 Å². The average molecular weight is 197 g/mol. The Hall–Kier alpha value is -0.940. The second kappa shape index (κ2) is 3.67. The third kappa shape index (κ3) is 1.53. The molecule has 1 aliphatic rings. The van der Waals surface area contributed by atoms with Crippen molar-refractivity contribution in [2.75, 3.05) is 13.2 Å². The molecule has 1 N–H and O–H groups in total. The van der Waals surface area contributed by atoms with E-state index in [0.717, 1.165) is 26.1 Å². The summed E-state index contributed by atoms with van der Waals surface area (Å²) in [5.41, 5.74) is -0.000185. The summed E-state index contributed by atoms with van der Waals surface area (Å²) in [6, 6.07) is 0. The zero-order chi connectivity index (χ0) is 10.0. The van der Waals surface area contributed by atoms with Crippen LogP contribution in [0, 0.1) is 0 Å². The zero-order valence-electron chi connectivity index (χ0n) is 8.31. The minimum absolute atomic E-state index is 0.000185. The highest BCUT2D eigenvalue weighted by molar-refractivity contribution is 4.94. The second-order valence-corrected chi connectivity index (χ2v) is 3.88. The van der Waals surface area contributed by atoms with Crippen LogP contribution in [0.4, 0.5) is 0 Å². The summed E-state index contributed by atoms with van der Waals surface area (Å²) in [5, 5.41) is 16.8. The van der Waals surface area contributed by atoms with E-state index in [9.17, 15) is 0 Å². The average Bonchev–Trinajstić information content (AvgIpc) is 2.67. The van der Waals surface area contributed by atoms with Gasteiger partial charge in [-0.05, 0) is 19.8 Å². The van der Waals surface area contributed by atoms with Crippen LogP contribution >= 0.6 is 0 Å². The lowest BCUT2D eigenvalue weighted by Crippen LogP contribution is -2.37. The molecule has 78 valence electrons. The Morgan fingerprint density at radius 1 is 1.57 bits per heavy atom. The Morgan fingerprint density at radius 2 is 2.29 bits per heavy atom. The van der Waals surface area contributed by atoms with Gasteiger partial charge in [-0.25, -0.2) is 0 Å². The van der Waals surface area contributed by atoms with Gasteiger partial charge in [-0.2, -0.15) is 0 Å². The number of hydrogen-bond acceptors (Lipinski definition) is 4. The smallest absolute Gasteiger partial charge is 0.159 e. The van der Waals surface area contributed by atoms with E-state index in [1.54, 1.807) is 6.33 Å². The molecule has 14 heavy (non-hydrogen) atoms. The summed E-state index contributed by atoms with van der Waals surface area (Å²) in [6.45, 7) is 3.62. The summed E-state index contributed by atoms with van der Waals surface area (Å²) < 4.78 is 7.29. The molecular formula is C9H15N3O2. The molecule has 0 amide bonds. The lowest BCUT2D eigenvalue weighted by Gasteiger charge is -2.35. The normalized spacial score (nSPS) is 21.0. The second-order valence-electron chi connectivity index (χ2n) is 3.88. The molecule has 1 fully saturated rings. The van der Waals surface area contributed by atoms with Crippen LogP contribution in [0.3, 0.4) is 0 Å². The van der Waals surface area contributed by atoms with E-state index in [-0.39, 0.29) is 12.1 Å². The monoisotopic (exact) mass is 197 g/mol. The molecule has 0 atom stereocenters. The van der Waals surface area contributed by atoms with Crippen LogP contribution in [0.15, 0.2) is 6.33 Å². The topological polar surface area (TPSA) is 60.2 Å². The maximum absolute atomic E-state index is 9.10. The number of aliphatic hydroxyl groups is 1. The Labute approximate surface area is 82.7 Å². The van der Waals surface area contributed by atoms with Gasteiger partial charge in [-0.15, -0.1) is 10.2 Å². The van der Waals surface area contributed by atoms with Gasteiger partial charge in [0.25, 0.3) is 0 Å². The van der Waals surface area contributed by atoms with E-state index in [0.29, 0.717) is 5.82 Å². The van der Waals surface area contributed by atoms with Crippen molar-refractivity contribution < 1.29 is 9.84 Å². The van der Waals surface area contributed by atoms with Crippen LogP contribution in [0.5, 0.6) is 0 Å². The van der Waals surface area contributed by atoms with Gasteiger partial charge in [0.05, 0.1) is 0 Å². The van der Waals surface area contributed by atoms with Crippen LogP contribution in [0.25, 0.3) is 0 Å². The fraction of sp³-hybridized carbons (Fsp3) is 0.778. The van der Waals surface area contributed by atoms with Crippen molar-refractivity contribution in [3.63, 3.8) is 0 Å². The predicted octanol–water partition coefficient (Wildman–Crippen LogP) is 0.296. The van der Waals surface area contributed by atoms with Crippen molar-refractivity contribution in [2.24, 2.45) is 0 Å². The highest BCUT2D eigenvalue weighted by atomic mass is 16.5. The molecule has 0 spiro atoms. The number of nitrogens with zero attached hydrogens (tertiary/aromatic N) is 3. The van der Waals surface area contributed by atoms with Crippen LogP contribution in [-0.2, 0) is 16.9 Å². The minimum Gasteiger partial charge on any atom is -0.388 e. The molecule has 5 nitrogen and oxygen atoms in total. The first-order valence-corrected chi connectivity index (χ1v) is 4.84. The van der Waals surface area contributed by atoms with Gasteiger partial charge in [-0.1, -0.05) is 0 Å². The van der Waals surface area contributed by atoms with Crippen molar-refractivity contribution in [3.05, 3.63) is 12.2 Å². The molecule has 0 bridgehead atoms. The molecule has 0 unspecified atom stereocenters. The minimum atomic E-state index is -0.0591. The van der Waals surface area contributed by atoms with Gasteiger partial charge >= 0.3 is 0 Å². The quantitative estimate of drug-likeness (QED) is 0.740. The third-order valence-corrected chi connectivity index (χ3v) is 2.91. The lowest BCUT2D eigenvalue weighted by atomic mass is 9.92. The van der Waals surface area contributed by atoms with Crippen molar-refractivity contribution >= 4 is 0 Å². The zero-order valence-corrected chi connectivity index (χ0v) is 8.31. The summed E-state index contributed by atoms with van der Waals surface area (Å²) >= 11 is 0. The first-order valence-electron chi connectivity index (χ1n) is 4.84. The third-order valence-electron chi connectivity index (χ3n) is 2.91. The van der Waals surface area contributed by atoms with E-state index in [1.807, 2.05) is 4.57 Å². The van der Waals surface area contributed by atoms with Crippen molar-refractivity contribution in [1.82, 2.24) is 14.8 Å². The molecule has 1 aliphatic heterocycles. The van der Waals surface area contributed by atoms with Gasteiger partial charge in [-0.3, -0.25) is 0 Å². The maximum atomic E-state index is 9.10. The molecule has 0 radical (unpaired) electrons. The van der Waals surface area contributed by atoms with E-state index in [2.05, 4.69) is 17.1 Å². The highest BCUT2D eigenvalue weighted by Crippen LogP contribution is 2.29. The number of aliphatic hydroxyl groups excluding tert-OH is 1. The molecule has 0 saturated carbocycles. The predicted molar refractivity (Wildman–Crippen MR) is 49.6 cm³/mol. The van der Waals surface area contributed by atoms with E-state index in [4.69, 9.17) is 9.84 Å². The Kier molecular flexibility index (Phi) is 2.52. The van der Waals surface area contributed by atoms with Gasteiger partial charge in [0, 0.05) is 18.8 Å². The van der Waals surface area contributed by atoms with Gasteiger partial charge < -0.3 is 14.4 Å². The lowest BCUT2D eigenvalue weighted by molar-refractivity contribution is 0.0266. The van der Waals surface area contributed by atoms with E-state index in [1.165, 1.54) is 0 Å². The van der Waals surface area contributed by atoms with Crippen molar-refractivity contribution in [3.8, 4) is 0 Å². The van der Waals surface area contributed by atoms with Gasteiger partial charge in [0.2, 0.25) is 0 Å². The van der Waals surface area contributed by atoms with Crippen LogP contribution < -0.4 is 0 Å². The fourth-order valence-corrected chi connectivity index (χ4v) is 1.87. The first kappa shape index (κ1) is 9.61. The van der Waals surface area contributed by atoms with E-state index < -0.39 is 0 Å². The van der Waals surface area contributed by atoms with Gasteiger partial charge in [0.1, 0.15) is 12.9 Å². The Morgan fingerprint density at radius 3 is 2.93 bits per heavy atom. The maximum Gasteiger partial charge on any atom is 0.159 e. The van der Waals surface area contributed by atoms with E-state index >= 15 is 0 Å². The van der Waals surface area contributed by atoms with Crippen LogP contribution in [0.2, 0.25) is 0 Å². The fourth-order valence-electron chi connectivity index (χ4n) is 1.87. The molecule has 0 aromatic carbocycles. The molecule has 1 aromatic rings. The molecular weight excluding hydrogens is 182 g/mol. The molecule has 1 saturated heterocycles. The van der Waals surface area contributed by atoms with Crippen molar-refractivity contribution in [2.45, 2.75) is 31.9 Å². The Balaban J connectivity index is 2.27. The molecule has 1 aromatic heterocycles. The molecule has 0 aliphatic carbocycles. The number of hydrogen-bond donors (Lipinski definition) is 1. The molecule has 5 heteroatoms. The number of ether oxygens (including phenoxy) is 1. The van der Waals surface area contributed by atoms with Gasteiger partial charge in [0.15, 0.2) is 5.82 Å².